The van der Waals surface area contributed by atoms with Crippen LogP contribution in [0.2, 0.25) is 10.0 Å². The molecule has 0 aliphatic carbocycles. The lowest BCUT2D eigenvalue weighted by Crippen LogP contribution is -2.47. The van der Waals surface area contributed by atoms with Gasteiger partial charge in [0.25, 0.3) is 0 Å². The number of methoxy groups -OCH3 is 1. The van der Waals surface area contributed by atoms with Crippen molar-refractivity contribution < 1.29 is 9.53 Å². The van der Waals surface area contributed by atoms with E-state index in [0.717, 1.165) is 4.88 Å². The third-order valence-electron chi connectivity index (χ3n) is 3.26. The molecule has 1 aromatic heterocycles. The smallest absolute Gasteiger partial charge is 0.330 e. The summed E-state index contributed by atoms with van der Waals surface area (Å²) in [5.74, 6) is -0.414. The summed E-state index contributed by atoms with van der Waals surface area (Å²) in [6, 6.07) is 9.00. The first-order chi connectivity index (χ1) is 9.97. The molecule has 0 radical (unpaired) electrons. The van der Waals surface area contributed by atoms with Gasteiger partial charge in [0.1, 0.15) is 5.54 Å². The Morgan fingerprint density at radius 2 is 2.14 bits per heavy atom. The molecule has 1 unspecified atom stereocenters. The molecule has 0 spiro atoms. The average Bonchev–Trinajstić information content (AvgIpc) is 2.99. The molecule has 1 N–H and O–H groups in total. The first-order valence-electron chi connectivity index (χ1n) is 6.28. The van der Waals surface area contributed by atoms with Crippen molar-refractivity contribution in [3.05, 3.63) is 56.2 Å². The number of esters is 1. The molecular weight excluding hydrogens is 329 g/mol. The highest BCUT2D eigenvalue weighted by Gasteiger charge is 2.38. The molecule has 2 aromatic rings. The van der Waals surface area contributed by atoms with Gasteiger partial charge in [-0.2, -0.15) is 0 Å². The predicted octanol–water partition coefficient (Wildman–Crippen LogP) is 4.23. The highest BCUT2D eigenvalue weighted by molar-refractivity contribution is 7.09. The molecule has 0 saturated heterocycles. The number of hydrogen-bond donors (Lipinski definition) is 1. The molecule has 2 rings (SSSR count). The van der Waals surface area contributed by atoms with E-state index < -0.39 is 11.5 Å². The Hall–Kier alpha value is -1.07. The molecule has 1 heterocycles. The van der Waals surface area contributed by atoms with Gasteiger partial charge in [-0.3, -0.25) is 5.32 Å². The van der Waals surface area contributed by atoms with Crippen molar-refractivity contribution in [1.82, 2.24) is 5.32 Å². The van der Waals surface area contributed by atoms with E-state index in [9.17, 15) is 4.79 Å². The Bertz CT molecular complexity index is 631. The predicted molar refractivity (Wildman–Crippen MR) is 87.0 cm³/mol. The van der Waals surface area contributed by atoms with Crippen molar-refractivity contribution in [2.45, 2.75) is 19.0 Å². The number of benzene rings is 1. The molecule has 1 atom stereocenters. The highest BCUT2D eigenvalue weighted by atomic mass is 35.5. The zero-order chi connectivity index (χ0) is 15.5. The Morgan fingerprint density at radius 3 is 2.76 bits per heavy atom. The average molecular weight is 344 g/mol. The number of rotatable bonds is 5. The van der Waals surface area contributed by atoms with Gasteiger partial charge in [-0.25, -0.2) is 4.79 Å². The van der Waals surface area contributed by atoms with E-state index in [1.54, 1.807) is 36.5 Å². The van der Waals surface area contributed by atoms with Gasteiger partial charge in [-0.05, 0) is 36.6 Å². The molecule has 6 heteroatoms. The zero-order valence-electron chi connectivity index (χ0n) is 11.7. The molecule has 1 aromatic carbocycles. The Balaban J connectivity index is 2.36. The Labute approximate surface area is 137 Å². The van der Waals surface area contributed by atoms with Crippen LogP contribution in [-0.2, 0) is 21.6 Å². The maximum atomic E-state index is 12.3. The maximum absolute atomic E-state index is 12.3. The van der Waals surface area contributed by atoms with Gasteiger partial charge >= 0.3 is 5.97 Å². The topological polar surface area (TPSA) is 38.3 Å². The molecule has 0 aliphatic rings. The van der Waals surface area contributed by atoms with Crippen LogP contribution in [0, 0.1) is 0 Å². The molecule has 0 fully saturated rings. The zero-order valence-corrected chi connectivity index (χ0v) is 14.0. The lowest BCUT2D eigenvalue weighted by atomic mass is 9.91. The molecule has 0 bridgehead atoms. The summed E-state index contributed by atoms with van der Waals surface area (Å²) in [6.07, 6.45) is 0. The number of thiophene rings is 1. The fourth-order valence-corrected chi connectivity index (χ4v) is 3.16. The Kier molecular flexibility index (Phi) is 5.27. The van der Waals surface area contributed by atoms with Crippen LogP contribution in [0.3, 0.4) is 0 Å². The number of hydrogen-bond acceptors (Lipinski definition) is 4. The van der Waals surface area contributed by atoms with Crippen LogP contribution >= 0.6 is 34.5 Å². The van der Waals surface area contributed by atoms with E-state index in [4.69, 9.17) is 27.9 Å². The van der Waals surface area contributed by atoms with Gasteiger partial charge in [0.2, 0.25) is 0 Å². The first-order valence-corrected chi connectivity index (χ1v) is 7.92. The van der Waals surface area contributed by atoms with Gasteiger partial charge in [-0.1, -0.05) is 29.3 Å². The van der Waals surface area contributed by atoms with E-state index in [1.165, 1.54) is 7.11 Å². The minimum atomic E-state index is -1.07. The molecule has 3 nitrogen and oxygen atoms in total. The second kappa shape index (κ2) is 6.79. The first kappa shape index (κ1) is 16.3. The van der Waals surface area contributed by atoms with Crippen LogP contribution in [-0.4, -0.2) is 13.1 Å². The van der Waals surface area contributed by atoms with Gasteiger partial charge in [0.15, 0.2) is 0 Å². The van der Waals surface area contributed by atoms with Gasteiger partial charge in [0.05, 0.1) is 7.11 Å². The van der Waals surface area contributed by atoms with Crippen molar-refractivity contribution in [3.8, 4) is 0 Å². The Morgan fingerprint density at radius 1 is 1.38 bits per heavy atom. The maximum Gasteiger partial charge on any atom is 0.330 e. The summed E-state index contributed by atoms with van der Waals surface area (Å²) in [5.41, 5.74) is -0.471. The van der Waals surface area contributed by atoms with E-state index in [1.807, 2.05) is 17.5 Å². The van der Waals surface area contributed by atoms with Gasteiger partial charge in [-0.15, -0.1) is 11.3 Å². The van der Waals surface area contributed by atoms with Crippen LogP contribution in [0.5, 0.6) is 0 Å². The molecular formula is C15H15Cl2NO2S. The van der Waals surface area contributed by atoms with Gasteiger partial charge < -0.3 is 4.74 Å². The fraction of sp³-hybridized carbons (Fsp3) is 0.267. The fourth-order valence-electron chi connectivity index (χ4n) is 2.04. The monoisotopic (exact) mass is 343 g/mol. The molecule has 21 heavy (non-hydrogen) atoms. The molecule has 112 valence electrons. The number of carbonyl (C=O) groups is 1. The molecule has 0 aliphatic heterocycles. The van der Waals surface area contributed by atoms with Crippen LogP contribution in [0.15, 0.2) is 35.7 Å². The lowest BCUT2D eigenvalue weighted by Gasteiger charge is -2.29. The van der Waals surface area contributed by atoms with Crippen molar-refractivity contribution in [2.75, 3.05) is 7.11 Å². The molecule has 0 saturated carbocycles. The number of carbonyl (C=O) groups excluding carboxylic acids is 1. The van der Waals surface area contributed by atoms with Crippen LogP contribution in [0.4, 0.5) is 0 Å². The van der Waals surface area contributed by atoms with Crippen LogP contribution in [0.1, 0.15) is 17.4 Å². The minimum Gasteiger partial charge on any atom is -0.467 e. The second-order valence-corrected chi connectivity index (χ2v) is 6.55. The van der Waals surface area contributed by atoms with E-state index in [0.29, 0.717) is 22.2 Å². The van der Waals surface area contributed by atoms with E-state index >= 15 is 0 Å². The summed E-state index contributed by atoms with van der Waals surface area (Å²) < 4.78 is 4.93. The standard InChI is InChI=1S/C15H15Cl2NO2S/c1-15(14(19)20-2,18-9-11-4-3-7-21-11)12-8-10(16)5-6-13(12)17/h3-8,18H,9H2,1-2H3. The number of halogens is 2. The second-order valence-electron chi connectivity index (χ2n) is 4.67. The van der Waals surface area contributed by atoms with Crippen molar-refractivity contribution in [1.29, 1.82) is 0 Å². The van der Waals surface area contributed by atoms with Crippen molar-refractivity contribution >= 4 is 40.5 Å². The SMILES string of the molecule is COC(=O)C(C)(NCc1cccs1)c1cc(Cl)ccc1Cl. The van der Waals surface area contributed by atoms with Crippen LogP contribution in [0.25, 0.3) is 0 Å². The van der Waals surface area contributed by atoms with Crippen LogP contribution < -0.4 is 5.32 Å². The molecule has 0 amide bonds. The lowest BCUT2D eigenvalue weighted by molar-refractivity contribution is -0.148. The summed E-state index contributed by atoms with van der Waals surface area (Å²) in [6.45, 7) is 2.27. The third kappa shape index (κ3) is 3.58. The number of ether oxygens (including phenoxy) is 1. The quantitative estimate of drug-likeness (QED) is 0.825. The minimum absolute atomic E-state index is 0.414. The third-order valence-corrected chi connectivity index (χ3v) is 4.70. The largest absolute Gasteiger partial charge is 0.467 e. The normalized spacial score (nSPS) is 13.7. The van der Waals surface area contributed by atoms with Crippen molar-refractivity contribution in [2.24, 2.45) is 0 Å². The highest BCUT2D eigenvalue weighted by Crippen LogP contribution is 2.32. The van der Waals surface area contributed by atoms with Gasteiger partial charge in [0, 0.05) is 27.0 Å². The van der Waals surface area contributed by atoms with E-state index in [2.05, 4.69) is 5.32 Å². The summed E-state index contributed by atoms with van der Waals surface area (Å²) >= 11 is 13.9. The number of nitrogens with one attached hydrogen (secondary N) is 1. The van der Waals surface area contributed by atoms with E-state index in [-0.39, 0.29) is 0 Å². The summed E-state index contributed by atoms with van der Waals surface area (Å²) in [4.78, 5) is 13.4. The van der Waals surface area contributed by atoms with Crippen molar-refractivity contribution in [3.63, 3.8) is 0 Å². The summed E-state index contributed by atoms with van der Waals surface area (Å²) in [7, 11) is 1.35. The summed E-state index contributed by atoms with van der Waals surface area (Å²) in [5, 5.41) is 6.19.